The Kier molecular flexibility index (Phi) is 6.57. The van der Waals surface area contributed by atoms with Crippen LogP contribution < -0.4 is 9.47 Å². The van der Waals surface area contributed by atoms with Crippen molar-refractivity contribution in [2.24, 2.45) is 0 Å². The van der Waals surface area contributed by atoms with E-state index in [2.05, 4.69) is 9.97 Å². The van der Waals surface area contributed by atoms with Crippen LogP contribution in [0.5, 0.6) is 11.5 Å². The highest BCUT2D eigenvalue weighted by Gasteiger charge is 2.10. The topological polar surface area (TPSA) is 70.5 Å². The molecule has 0 spiro atoms. The second-order valence-electron chi connectivity index (χ2n) is 6.04. The number of methoxy groups -OCH3 is 2. The number of para-hydroxylation sites is 2. The minimum atomic E-state index is -0.243. The lowest BCUT2D eigenvalue weighted by atomic mass is 10.1. The number of hydrogen-bond acceptors (Lipinski definition) is 6. The molecule has 1 heterocycles. The zero-order valence-corrected chi connectivity index (χ0v) is 15.9. The first-order valence-electron chi connectivity index (χ1n) is 8.94. The predicted octanol–water partition coefficient (Wildman–Crippen LogP) is 3.84. The van der Waals surface area contributed by atoms with Crippen molar-refractivity contribution in [2.45, 2.75) is 19.4 Å². The Morgan fingerprint density at radius 2 is 1.71 bits per heavy atom. The van der Waals surface area contributed by atoms with E-state index in [0.29, 0.717) is 31.0 Å². The molecule has 0 aliphatic heterocycles. The molecule has 1 aromatic heterocycles. The van der Waals surface area contributed by atoms with E-state index in [1.165, 1.54) is 7.11 Å². The molecule has 0 saturated carbocycles. The minimum Gasteiger partial charge on any atom is -0.496 e. The number of aryl methyl sites for hydroxylation is 1. The average Bonchev–Trinajstić information content (AvgIpc) is 2.76. The molecule has 3 rings (SSSR count). The van der Waals surface area contributed by atoms with Crippen molar-refractivity contribution in [2.75, 3.05) is 14.2 Å². The third-order valence-electron chi connectivity index (χ3n) is 4.24. The van der Waals surface area contributed by atoms with Crippen LogP contribution in [0.3, 0.4) is 0 Å². The number of benzene rings is 2. The molecular formula is C22H22N2O4. The third kappa shape index (κ3) is 4.85. The average molecular weight is 378 g/mol. The highest BCUT2D eigenvalue weighted by Crippen LogP contribution is 2.27. The number of carbonyl (C=O) groups excluding carboxylic acids is 1. The summed E-state index contributed by atoms with van der Waals surface area (Å²) in [4.78, 5) is 20.4. The van der Waals surface area contributed by atoms with Gasteiger partial charge in [0, 0.05) is 12.6 Å². The molecule has 2 aromatic carbocycles. The van der Waals surface area contributed by atoms with E-state index in [4.69, 9.17) is 14.2 Å². The summed E-state index contributed by atoms with van der Waals surface area (Å²) in [5.74, 6) is 1.78. The first-order chi connectivity index (χ1) is 13.7. The Morgan fingerprint density at radius 1 is 0.964 bits per heavy atom. The van der Waals surface area contributed by atoms with Crippen LogP contribution >= 0.6 is 0 Å². The first-order valence-corrected chi connectivity index (χ1v) is 8.94. The maximum Gasteiger partial charge on any atom is 0.305 e. The van der Waals surface area contributed by atoms with Gasteiger partial charge in [0.05, 0.1) is 25.5 Å². The molecule has 0 aliphatic rings. The van der Waals surface area contributed by atoms with Crippen molar-refractivity contribution < 1.29 is 19.0 Å². The normalized spacial score (nSPS) is 10.4. The SMILES string of the molecule is COC(=O)CCc1ccccc1OCc1ccnc(-c2ccccc2OC)n1. The Balaban J connectivity index is 1.73. The first kappa shape index (κ1) is 19.4. The van der Waals surface area contributed by atoms with Gasteiger partial charge in [-0.05, 0) is 36.2 Å². The van der Waals surface area contributed by atoms with Crippen molar-refractivity contribution in [3.63, 3.8) is 0 Å². The van der Waals surface area contributed by atoms with E-state index >= 15 is 0 Å². The van der Waals surface area contributed by atoms with Gasteiger partial charge in [-0.15, -0.1) is 0 Å². The van der Waals surface area contributed by atoms with Gasteiger partial charge < -0.3 is 14.2 Å². The maximum absolute atomic E-state index is 11.4. The van der Waals surface area contributed by atoms with E-state index in [1.807, 2.05) is 54.6 Å². The summed E-state index contributed by atoms with van der Waals surface area (Å²) in [6, 6.07) is 17.1. The minimum absolute atomic E-state index is 0.243. The van der Waals surface area contributed by atoms with Gasteiger partial charge in [-0.1, -0.05) is 30.3 Å². The highest BCUT2D eigenvalue weighted by molar-refractivity contribution is 5.69. The number of carbonyl (C=O) groups is 1. The molecule has 0 N–H and O–H groups in total. The molecule has 0 saturated heterocycles. The van der Waals surface area contributed by atoms with Crippen LogP contribution in [0.1, 0.15) is 17.7 Å². The van der Waals surface area contributed by atoms with E-state index in [1.54, 1.807) is 13.3 Å². The van der Waals surface area contributed by atoms with Gasteiger partial charge in [0.2, 0.25) is 0 Å². The number of aromatic nitrogens is 2. The lowest BCUT2D eigenvalue weighted by Gasteiger charge is -2.12. The van der Waals surface area contributed by atoms with Crippen LogP contribution in [0, 0.1) is 0 Å². The zero-order chi connectivity index (χ0) is 19.8. The number of ether oxygens (including phenoxy) is 3. The van der Waals surface area contributed by atoms with Gasteiger partial charge in [0.1, 0.15) is 18.1 Å². The number of rotatable bonds is 8. The fraction of sp³-hybridized carbons (Fsp3) is 0.227. The van der Waals surface area contributed by atoms with Crippen LogP contribution in [0.4, 0.5) is 0 Å². The summed E-state index contributed by atoms with van der Waals surface area (Å²) in [6.45, 7) is 0.292. The van der Waals surface area contributed by atoms with E-state index in [-0.39, 0.29) is 5.97 Å². The molecule has 28 heavy (non-hydrogen) atoms. The summed E-state index contributed by atoms with van der Waals surface area (Å²) in [5, 5.41) is 0. The quantitative estimate of drug-likeness (QED) is 0.555. The van der Waals surface area contributed by atoms with Crippen LogP contribution in [-0.4, -0.2) is 30.2 Å². The molecule has 144 valence electrons. The summed E-state index contributed by atoms with van der Waals surface area (Å²) in [7, 11) is 3.01. The second kappa shape index (κ2) is 9.50. The Bertz CT molecular complexity index is 943. The Labute approximate surface area is 164 Å². The lowest BCUT2D eigenvalue weighted by molar-refractivity contribution is -0.140. The molecule has 0 amide bonds. The summed E-state index contributed by atoms with van der Waals surface area (Å²) in [5.41, 5.74) is 2.52. The smallest absolute Gasteiger partial charge is 0.305 e. The molecule has 0 aliphatic carbocycles. The number of nitrogens with zero attached hydrogens (tertiary/aromatic N) is 2. The molecule has 6 nitrogen and oxygen atoms in total. The van der Waals surface area contributed by atoms with Crippen LogP contribution in [0.25, 0.3) is 11.4 Å². The molecule has 3 aromatic rings. The molecule has 0 bridgehead atoms. The summed E-state index contributed by atoms with van der Waals surface area (Å²) < 4.78 is 16.1. The summed E-state index contributed by atoms with van der Waals surface area (Å²) >= 11 is 0. The van der Waals surface area contributed by atoms with Gasteiger partial charge in [-0.2, -0.15) is 0 Å². The van der Waals surface area contributed by atoms with Crippen LogP contribution in [0.15, 0.2) is 60.8 Å². The molecular weight excluding hydrogens is 356 g/mol. The fourth-order valence-electron chi connectivity index (χ4n) is 2.78. The number of esters is 1. The highest BCUT2D eigenvalue weighted by atomic mass is 16.5. The van der Waals surface area contributed by atoms with Crippen LogP contribution in [0.2, 0.25) is 0 Å². The molecule has 0 radical (unpaired) electrons. The van der Waals surface area contributed by atoms with Gasteiger partial charge >= 0.3 is 5.97 Å². The second-order valence-corrected chi connectivity index (χ2v) is 6.04. The monoisotopic (exact) mass is 378 g/mol. The van der Waals surface area contributed by atoms with Crippen molar-refractivity contribution in [1.82, 2.24) is 9.97 Å². The Hall–Kier alpha value is -3.41. The van der Waals surface area contributed by atoms with E-state index in [0.717, 1.165) is 22.6 Å². The van der Waals surface area contributed by atoms with Crippen molar-refractivity contribution in [3.8, 4) is 22.9 Å². The van der Waals surface area contributed by atoms with E-state index in [9.17, 15) is 4.79 Å². The van der Waals surface area contributed by atoms with Crippen molar-refractivity contribution >= 4 is 5.97 Å². The van der Waals surface area contributed by atoms with Crippen LogP contribution in [-0.2, 0) is 22.6 Å². The van der Waals surface area contributed by atoms with Crippen molar-refractivity contribution in [1.29, 1.82) is 0 Å². The standard InChI is InChI=1S/C22H22N2O4/c1-26-20-10-6-4-8-18(20)22-23-14-13-17(24-22)15-28-19-9-5-3-7-16(19)11-12-21(25)27-2/h3-10,13-14H,11-12,15H2,1-2H3. The van der Waals surface area contributed by atoms with Gasteiger partial charge in [-0.25, -0.2) is 9.97 Å². The third-order valence-corrected chi connectivity index (χ3v) is 4.24. The molecule has 0 fully saturated rings. The lowest BCUT2D eigenvalue weighted by Crippen LogP contribution is -2.05. The summed E-state index contributed by atoms with van der Waals surface area (Å²) in [6.07, 6.45) is 2.57. The van der Waals surface area contributed by atoms with Gasteiger partial charge in [-0.3, -0.25) is 4.79 Å². The maximum atomic E-state index is 11.4. The molecule has 6 heteroatoms. The van der Waals surface area contributed by atoms with Gasteiger partial charge in [0.25, 0.3) is 0 Å². The molecule has 0 atom stereocenters. The largest absolute Gasteiger partial charge is 0.496 e. The molecule has 0 unspecified atom stereocenters. The van der Waals surface area contributed by atoms with E-state index < -0.39 is 0 Å². The number of hydrogen-bond donors (Lipinski definition) is 0. The van der Waals surface area contributed by atoms with Gasteiger partial charge in [0.15, 0.2) is 5.82 Å². The Morgan fingerprint density at radius 3 is 2.50 bits per heavy atom. The zero-order valence-electron chi connectivity index (χ0n) is 15.9. The fourth-order valence-corrected chi connectivity index (χ4v) is 2.78. The van der Waals surface area contributed by atoms with Crippen molar-refractivity contribution in [3.05, 3.63) is 72.1 Å². The predicted molar refractivity (Wildman–Crippen MR) is 105 cm³/mol.